The maximum atomic E-state index is 12.2. The van der Waals surface area contributed by atoms with E-state index >= 15 is 0 Å². The predicted molar refractivity (Wildman–Crippen MR) is 79.7 cm³/mol. The highest BCUT2D eigenvalue weighted by Gasteiger charge is 2.17. The van der Waals surface area contributed by atoms with Gasteiger partial charge in [-0.2, -0.15) is 5.10 Å². The number of rotatable bonds is 4. The molecule has 2 N–H and O–H groups in total. The van der Waals surface area contributed by atoms with Crippen LogP contribution in [-0.4, -0.2) is 22.6 Å². The average molecular weight is 271 g/mol. The Bertz CT molecular complexity index is 611. The molecule has 0 bridgehead atoms. The zero-order valence-electron chi connectivity index (χ0n) is 11.9. The van der Waals surface area contributed by atoms with Crippen LogP contribution in [0.25, 0.3) is 10.9 Å². The van der Waals surface area contributed by atoms with E-state index in [1.54, 1.807) is 0 Å². The molecule has 1 aliphatic rings. The summed E-state index contributed by atoms with van der Waals surface area (Å²) in [5.41, 5.74) is 2.56. The average Bonchev–Trinajstić information content (AvgIpc) is 3.07. The monoisotopic (exact) mass is 271 g/mol. The van der Waals surface area contributed by atoms with Crippen molar-refractivity contribution in [3.63, 3.8) is 0 Å². The highest BCUT2D eigenvalue weighted by molar-refractivity contribution is 6.04. The summed E-state index contributed by atoms with van der Waals surface area (Å²) in [6, 6.07) is 5.99. The first-order chi connectivity index (χ1) is 9.74. The summed E-state index contributed by atoms with van der Waals surface area (Å²) in [6.07, 6.45) is 6.43. The molecule has 4 nitrogen and oxygen atoms in total. The van der Waals surface area contributed by atoms with Crippen LogP contribution in [0.1, 0.15) is 48.2 Å². The van der Waals surface area contributed by atoms with Crippen molar-refractivity contribution < 1.29 is 4.79 Å². The molecule has 1 heterocycles. The Kier molecular flexibility index (Phi) is 3.72. The second kappa shape index (κ2) is 5.65. The lowest BCUT2D eigenvalue weighted by atomic mass is 10.0. The lowest BCUT2D eigenvalue weighted by Gasteiger charge is -2.09. The van der Waals surface area contributed by atoms with Crippen molar-refractivity contribution in [3.8, 4) is 0 Å². The fraction of sp³-hybridized carbons (Fsp3) is 0.500. The predicted octanol–water partition coefficient (Wildman–Crippen LogP) is 3.18. The smallest absolute Gasteiger partial charge is 0.272 e. The van der Waals surface area contributed by atoms with Crippen molar-refractivity contribution in [2.24, 2.45) is 5.92 Å². The molecule has 0 spiro atoms. The van der Waals surface area contributed by atoms with Crippen molar-refractivity contribution in [3.05, 3.63) is 29.5 Å². The van der Waals surface area contributed by atoms with Gasteiger partial charge in [-0.3, -0.25) is 9.89 Å². The van der Waals surface area contributed by atoms with Crippen LogP contribution in [0.2, 0.25) is 0 Å². The van der Waals surface area contributed by atoms with Crippen LogP contribution >= 0.6 is 0 Å². The first-order valence-corrected chi connectivity index (χ1v) is 7.47. The number of carbonyl (C=O) groups is 1. The third-order valence-electron chi connectivity index (χ3n) is 4.25. The van der Waals surface area contributed by atoms with Crippen LogP contribution < -0.4 is 5.32 Å². The van der Waals surface area contributed by atoms with Crippen LogP contribution in [0, 0.1) is 12.8 Å². The quantitative estimate of drug-likeness (QED) is 0.897. The number of nitrogens with zero attached hydrogens (tertiary/aromatic N) is 1. The molecular formula is C16H21N3O. The minimum Gasteiger partial charge on any atom is -0.351 e. The van der Waals surface area contributed by atoms with Crippen LogP contribution in [0.5, 0.6) is 0 Å². The van der Waals surface area contributed by atoms with E-state index in [1.807, 2.05) is 25.1 Å². The van der Waals surface area contributed by atoms with E-state index < -0.39 is 0 Å². The highest BCUT2D eigenvalue weighted by Crippen LogP contribution is 2.27. The molecule has 0 saturated heterocycles. The van der Waals surface area contributed by atoms with Crippen molar-refractivity contribution in [2.45, 2.75) is 39.0 Å². The molecule has 1 saturated carbocycles. The molecular weight excluding hydrogens is 250 g/mol. The number of aromatic nitrogens is 2. The van der Waals surface area contributed by atoms with Gasteiger partial charge < -0.3 is 5.32 Å². The maximum Gasteiger partial charge on any atom is 0.272 e. The van der Waals surface area contributed by atoms with E-state index in [0.29, 0.717) is 5.69 Å². The molecule has 1 aromatic carbocycles. The molecule has 20 heavy (non-hydrogen) atoms. The number of benzene rings is 1. The second-order valence-electron chi connectivity index (χ2n) is 5.82. The second-order valence-corrected chi connectivity index (χ2v) is 5.82. The minimum atomic E-state index is -0.0696. The van der Waals surface area contributed by atoms with Gasteiger partial charge in [-0.1, -0.05) is 37.3 Å². The van der Waals surface area contributed by atoms with Gasteiger partial charge in [0, 0.05) is 11.9 Å². The standard InChI is InChI=1S/C16H21N3O/c1-11-6-7-14-13(10-11)15(19-18-14)16(20)17-9-8-12-4-2-3-5-12/h6-7,10,12H,2-5,8-9H2,1H3,(H,17,20)(H,18,19). The SMILES string of the molecule is Cc1ccc2[nH]nc(C(=O)NCCC3CCCC3)c2c1. The van der Waals surface area contributed by atoms with E-state index in [-0.39, 0.29) is 5.91 Å². The van der Waals surface area contributed by atoms with Crippen molar-refractivity contribution in [1.29, 1.82) is 0 Å². The third kappa shape index (κ3) is 2.69. The van der Waals surface area contributed by atoms with Gasteiger partial charge in [0.05, 0.1) is 5.52 Å². The number of aryl methyl sites for hydroxylation is 1. The van der Waals surface area contributed by atoms with Gasteiger partial charge in [-0.25, -0.2) is 0 Å². The van der Waals surface area contributed by atoms with Crippen LogP contribution in [0.4, 0.5) is 0 Å². The molecule has 2 aromatic rings. The summed E-state index contributed by atoms with van der Waals surface area (Å²) in [4.78, 5) is 12.2. The fourth-order valence-electron chi connectivity index (χ4n) is 3.07. The molecule has 106 valence electrons. The number of H-pyrrole nitrogens is 1. The summed E-state index contributed by atoms with van der Waals surface area (Å²) in [7, 11) is 0. The van der Waals surface area contributed by atoms with E-state index in [2.05, 4.69) is 15.5 Å². The number of nitrogens with one attached hydrogen (secondary N) is 2. The van der Waals surface area contributed by atoms with Crippen LogP contribution in [0.15, 0.2) is 18.2 Å². The van der Waals surface area contributed by atoms with E-state index in [1.165, 1.54) is 25.7 Å². The van der Waals surface area contributed by atoms with Gasteiger partial charge in [-0.05, 0) is 31.4 Å². The van der Waals surface area contributed by atoms with E-state index in [4.69, 9.17) is 0 Å². The van der Waals surface area contributed by atoms with Gasteiger partial charge in [0.25, 0.3) is 5.91 Å². The number of carbonyl (C=O) groups excluding carboxylic acids is 1. The molecule has 1 aliphatic carbocycles. The molecule has 1 amide bonds. The molecule has 0 aliphatic heterocycles. The van der Waals surface area contributed by atoms with Gasteiger partial charge in [-0.15, -0.1) is 0 Å². The molecule has 1 aromatic heterocycles. The number of hydrogen-bond donors (Lipinski definition) is 2. The Morgan fingerprint density at radius 3 is 3.00 bits per heavy atom. The molecule has 0 atom stereocenters. The number of hydrogen-bond acceptors (Lipinski definition) is 2. The largest absolute Gasteiger partial charge is 0.351 e. The molecule has 1 fully saturated rings. The van der Waals surface area contributed by atoms with Crippen molar-refractivity contribution >= 4 is 16.8 Å². The summed E-state index contributed by atoms with van der Waals surface area (Å²) < 4.78 is 0. The molecule has 0 radical (unpaired) electrons. The Balaban J connectivity index is 1.64. The number of fused-ring (bicyclic) bond motifs is 1. The Labute approximate surface area is 119 Å². The van der Waals surface area contributed by atoms with Crippen LogP contribution in [-0.2, 0) is 0 Å². The highest BCUT2D eigenvalue weighted by atomic mass is 16.1. The van der Waals surface area contributed by atoms with Crippen molar-refractivity contribution in [2.75, 3.05) is 6.54 Å². The Morgan fingerprint density at radius 2 is 2.20 bits per heavy atom. The summed E-state index contributed by atoms with van der Waals surface area (Å²) in [5, 5.41) is 11.0. The number of amides is 1. The maximum absolute atomic E-state index is 12.2. The van der Waals surface area contributed by atoms with Crippen molar-refractivity contribution in [1.82, 2.24) is 15.5 Å². The fourth-order valence-corrected chi connectivity index (χ4v) is 3.07. The third-order valence-corrected chi connectivity index (χ3v) is 4.25. The minimum absolute atomic E-state index is 0.0696. The normalized spacial score (nSPS) is 15.8. The molecule has 4 heteroatoms. The van der Waals surface area contributed by atoms with Gasteiger partial charge in [0.2, 0.25) is 0 Å². The molecule has 3 rings (SSSR count). The molecule has 0 unspecified atom stereocenters. The van der Waals surface area contributed by atoms with Gasteiger partial charge >= 0.3 is 0 Å². The lowest BCUT2D eigenvalue weighted by molar-refractivity contribution is 0.0948. The first kappa shape index (κ1) is 13.2. The summed E-state index contributed by atoms with van der Waals surface area (Å²) in [6.45, 7) is 2.78. The van der Waals surface area contributed by atoms with Gasteiger partial charge in [0.1, 0.15) is 0 Å². The van der Waals surface area contributed by atoms with E-state index in [0.717, 1.165) is 35.3 Å². The summed E-state index contributed by atoms with van der Waals surface area (Å²) >= 11 is 0. The zero-order chi connectivity index (χ0) is 13.9. The lowest BCUT2D eigenvalue weighted by Crippen LogP contribution is -2.26. The Hall–Kier alpha value is -1.84. The first-order valence-electron chi connectivity index (χ1n) is 7.47. The van der Waals surface area contributed by atoms with E-state index in [9.17, 15) is 4.79 Å². The Morgan fingerprint density at radius 1 is 1.40 bits per heavy atom. The summed E-state index contributed by atoms with van der Waals surface area (Å²) in [5.74, 6) is 0.730. The zero-order valence-corrected chi connectivity index (χ0v) is 11.9. The number of aromatic amines is 1. The van der Waals surface area contributed by atoms with Crippen LogP contribution in [0.3, 0.4) is 0 Å². The topological polar surface area (TPSA) is 57.8 Å². The van der Waals surface area contributed by atoms with Gasteiger partial charge in [0.15, 0.2) is 5.69 Å².